The fourth-order valence-electron chi connectivity index (χ4n) is 1.32. The van der Waals surface area contributed by atoms with Crippen molar-refractivity contribution < 1.29 is 22.4 Å². The molecule has 0 saturated carbocycles. The van der Waals surface area contributed by atoms with Crippen LogP contribution in [0.4, 0.5) is 13.2 Å². The van der Waals surface area contributed by atoms with Crippen LogP contribution in [0.25, 0.3) is 0 Å². The molecule has 0 aliphatic rings. The molecule has 0 aromatic carbocycles. The van der Waals surface area contributed by atoms with E-state index in [0.717, 1.165) is 0 Å². The van der Waals surface area contributed by atoms with Crippen molar-refractivity contribution in [3.63, 3.8) is 0 Å². The summed E-state index contributed by atoms with van der Waals surface area (Å²) >= 11 is 0. The molecule has 1 N–H and O–H groups in total. The summed E-state index contributed by atoms with van der Waals surface area (Å²) in [5.74, 6) is -0.776. The van der Waals surface area contributed by atoms with Crippen molar-refractivity contribution in [2.75, 3.05) is 0 Å². The highest BCUT2D eigenvalue weighted by Crippen LogP contribution is 2.24. The highest BCUT2D eigenvalue weighted by molar-refractivity contribution is 6.73. The van der Waals surface area contributed by atoms with Crippen LogP contribution < -0.4 is 4.98 Å². The summed E-state index contributed by atoms with van der Waals surface area (Å²) in [7, 11) is -4.26. The number of carbonyl (C=O) groups excluding carboxylic acids is 1. The predicted molar refractivity (Wildman–Crippen MR) is 70.4 cm³/mol. The summed E-state index contributed by atoms with van der Waals surface area (Å²) in [4.78, 5) is 14.0. The van der Waals surface area contributed by atoms with Crippen LogP contribution >= 0.6 is 0 Å². The Kier molecular flexibility index (Phi) is 5.63. The molecule has 1 atom stereocenters. The minimum absolute atomic E-state index is 0.655. The minimum atomic E-state index is -4.43. The number of hydrogen-bond acceptors (Lipinski definition) is 3. The van der Waals surface area contributed by atoms with E-state index < -0.39 is 41.2 Å². The number of carbonyl (C=O) groups is 1. The molecule has 8 heteroatoms. The van der Waals surface area contributed by atoms with Gasteiger partial charge in [-0.25, -0.2) is 0 Å². The average molecular weight is 301 g/mol. The van der Waals surface area contributed by atoms with E-state index in [0.29, 0.717) is 0 Å². The lowest BCUT2D eigenvalue weighted by Crippen LogP contribution is -2.55. The molecule has 0 fully saturated rings. The first kappa shape index (κ1) is 17.7. The van der Waals surface area contributed by atoms with Crippen LogP contribution in [0.5, 0.6) is 0 Å². The molecule has 0 amide bonds. The Labute approximate surface area is 108 Å². The van der Waals surface area contributed by atoms with Gasteiger partial charge in [0.25, 0.3) is 5.97 Å². The second-order valence-corrected chi connectivity index (χ2v) is 15.5. The van der Waals surface area contributed by atoms with Crippen LogP contribution in [0.1, 0.15) is 6.42 Å². The molecule has 0 aromatic heterocycles. The summed E-state index contributed by atoms with van der Waals surface area (Å²) in [6.07, 6.45) is -5.09. The number of halogens is 3. The second kappa shape index (κ2) is 5.74. The van der Waals surface area contributed by atoms with Crippen molar-refractivity contribution in [3.05, 3.63) is 0 Å². The highest BCUT2D eigenvalue weighted by Gasteiger charge is 2.43. The smallest absolute Gasteiger partial charge is 0.403 e. The monoisotopic (exact) mass is 301 g/mol. The van der Waals surface area contributed by atoms with Crippen molar-refractivity contribution in [3.8, 4) is 0 Å². The SMILES string of the molecule is C[Si](C)(C)NC(CC(=O)O[Si](C)(C)C)C(F)(F)F. The quantitative estimate of drug-likeness (QED) is 0.793. The summed E-state index contributed by atoms with van der Waals surface area (Å²) in [5.41, 5.74) is 0. The van der Waals surface area contributed by atoms with Gasteiger partial charge in [0.15, 0.2) is 0 Å². The molecule has 0 aromatic rings. The molecule has 0 radical (unpaired) electrons. The molecule has 0 rings (SSSR count). The maximum Gasteiger partial charge on any atom is 0.403 e. The van der Waals surface area contributed by atoms with Gasteiger partial charge in [0.1, 0.15) is 14.3 Å². The van der Waals surface area contributed by atoms with Crippen LogP contribution in [-0.4, -0.2) is 34.7 Å². The largest absolute Gasteiger partial charge is 0.520 e. The van der Waals surface area contributed by atoms with E-state index in [2.05, 4.69) is 4.98 Å². The zero-order valence-electron chi connectivity index (χ0n) is 11.7. The first-order valence-corrected chi connectivity index (χ1v) is 12.7. The second-order valence-electron chi connectivity index (χ2n) is 6.28. The Morgan fingerprint density at radius 3 is 1.89 bits per heavy atom. The maximum atomic E-state index is 12.8. The summed E-state index contributed by atoms with van der Waals surface area (Å²) in [5, 5.41) is 0. The first-order chi connectivity index (χ1) is 7.71. The van der Waals surface area contributed by atoms with Crippen molar-refractivity contribution in [1.29, 1.82) is 0 Å². The zero-order chi connectivity index (χ0) is 14.8. The molecular formula is C10H22F3NO2Si2. The first-order valence-electron chi connectivity index (χ1n) is 5.77. The van der Waals surface area contributed by atoms with Gasteiger partial charge in [-0.1, -0.05) is 19.6 Å². The number of nitrogens with one attached hydrogen (secondary N) is 1. The average Bonchev–Trinajstić information content (AvgIpc) is 1.93. The Morgan fingerprint density at radius 2 is 1.61 bits per heavy atom. The van der Waals surface area contributed by atoms with Gasteiger partial charge in [0, 0.05) is 0 Å². The Morgan fingerprint density at radius 1 is 1.17 bits per heavy atom. The highest BCUT2D eigenvalue weighted by atomic mass is 28.4. The van der Waals surface area contributed by atoms with E-state index in [4.69, 9.17) is 4.43 Å². The van der Waals surface area contributed by atoms with Gasteiger partial charge >= 0.3 is 6.18 Å². The van der Waals surface area contributed by atoms with Gasteiger partial charge in [0.05, 0.1) is 6.42 Å². The van der Waals surface area contributed by atoms with Crippen LogP contribution in [0.2, 0.25) is 39.3 Å². The topological polar surface area (TPSA) is 38.3 Å². The van der Waals surface area contributed by atoms with E-state index in [-0.39, 0.29) is 0 Å². The van der Waals surface area contributed by atoms with Crippen molar-refractivity contribution in [2.45, 2.75) is 57.9 Å². The molecule has 1 unspecified atom stereocenters. The van der Waals surface area contributed by atoms with Gasteiger partial charge < -0.3 is 9.41 Å². The maximum absolute atomic E-state index is 12.8. The van der Waals surface area contributed by atoms with Gasteiger partial charge in [0.2, 0.25) is 8.32 Å². The summed E-state index contributed by atoms with van der Waals surface area (Å²) in [6, 6.07) is -1.81. The fraction of sp³-hybridized carbons (Fsp3) is 0.900. The molecule has 3 nitrogen and oxygen atoms in total. The van der Waals surface area contributed by atoms with Gasteiger partial charge in [-0.2, -0.15) is 13.2 Å². The van der Waals surface area contributed by atoms with Gasteiger partial charge in [-0.15, -0.1) is 0 Å². The Bertz CT molecular complexity index is 295. The molecule has 0 spiro atoms. The Hall–Kier alpha value is -0.346. The van der Waals surface area contributed by atoms with E-state index in [9.17, 15) is 18.0 Å². The van der Waals surface area contributed by atoms with Crippen molar-refractivity contribution in [1.82, 2.24) is 4.98 Å². The molecule has 18 heavy (non-hydrogen) atoms. The van der Waals surface area contributed by atoms with Gasteiger partial charge in [-0.3, -0.25) is 4.79 Å². The molecule has 0 heterocycles. The molecular weight excluding hydrogens is 279 g/mol. The minimum Gasteiger partial charge on any atom is -0.520 e. The zero-order valence-corrected chi connectivity index (χ0v) is 13.7. The van der Waals surface area contributed by atoms with Crippen LogP contribution in [0.15, 0.2) is 0 Å². The predicted octanol–water partition coefficient (Wildman–Crippen LogP) is 3.11. The molecule has 0 saturated heterocycles. The van der Waals surface area contributed by atoms with Gasteiger partial charge in [-0.05, 0) is 19.6 Å². The van der Waals surface area contributed by atoms with E-state index >= 15 is 0 Å². The van der Waals surface area contributed by atoms with Crippen LogP contribution in [-0.2, 0) is 9.22 Å². The normalized spacial score (nSPS) is 15.4. The van der Waals surface area contributed by atoms with E-state index in [1.807, 2.05) is 0 Å². The third kappa shape index (κ3) is 8.70. The molecule has 0 aliphatic heterocycles. The molecule has 0 aliphatic carbocycles. The Balaban J connectivity index is 4.67. The third-order valence-corrected chi connectivity index (χ3v) is 3.85. The summed E-state index contributed by atoms with van der Waals surface area (Å²) in [6.45, 7) is 10.6. The van der Waals surface area contributed by atoms with E-state index in [1.165, 1.54) is 0 Å². The lowest BCUT2D eigenvalue weighted by Gasteiger charge is -2.29. The lowest BCUT2D eigenvalue weighted by atomic mass is 10.2. The number of rotatable bonds is 5. The standard InChI is InChI=1S/C10H22F3NO2Si2/c1-17(2,3)14-8(10(11,12)13)7-9(15)16-18(4,5)6/h8,14H,7H2,1-6H3. The lowest BCUT2D eigenvalue weighted by molar-refractivity contribution is -0.163. The summed E-state index contributed by atoms with van der Waals surface area (Å²) < 4.78 is 43.5. The number of alkyl halides is 3. The van der Waals surface area contributed by atoms with Crippen LogP contribution in [0, 0.1) is 0 Å². The van der Waals surface area contributed by atoms with Crippen molar-refractivity contribution >= 4 is 22.5 Å². The number of hydrogen-bond donors (Lipinski definition) is 1. The third-order valence-electron chi connectivity index (χ3n) is 1.79. The van der Waals surface area contributed by atoms with Crippen molar-refractivity contribution in [2.24, 2.45) is 0 Å². The van der Waals surface area contributed by atoms with Crippen LogP contribution in [0.3, 0.4) is 0 Å². The molecule has 0 bridgehead atoms. The van der Waals surface area contributed by atoms with E-state index in [1.54, 1.807) is 39.3 Å². The molecule has 108 valence electrons. The fourth-order valence-corrected chi connectivity index (χ4v) is 3.40.